The van der Waals surface area contributed by atoms with E-state index in [4.69, 9.17) is 20.8 Å². The highest BCUT2D eigenvalue weighted by Gasteiger charge is 2.29. The van der Waals surface area contributed by atoms with Gasteiger partial charge in [-0.3, -0.25) is 24.5 Å². The molecule has 4 heterocycles. The van der Waals surface area contributed by atoms with Gasteiger partial charge in [-0.05, 0) is 162 Å². The molecule has 0 spiro atoms. The zero-order valence-corrected chi connectivity index (χ0v) is 54.4. The lowest BCUT2D eigenvalue weighted by Crippen LogP contribution is -2.28. The number of nitrogens with zero attached hydrogens (tertiary/aromatic N) is 3. The van der Waals surface area contributed by atoms with E-state index in [1.54, 1.807) is 183 Å². The van der Waals surface area contributed by atoms with Crippen LogP contribution in [-0.4, -0.2) is 52.0 Å². The first-order valence-corrected chi connectivity index (χ1v) is 34.2. The lowest BCUT2D eigenvalue weighted by Gasteiger charge is -2.14. The summed E-state index contributed by atoms with van der Waals surface area (Å²) >= 11 is 5.96. The van der Waals surface area contributed by atoms with Crippen molar-refractivity contribution < 1.29 is 44.0 Å². The van der Waals surface area contributed by atoms with E-state index in [1.165, 1.54) is 42.5 Å². The summed E-state index contributed by atoms with van der Waals surface area (Å²) in [5.74, 6) is 0.791. The fraction of sp³-hybridized carbons (Fsp3) is 0.0533. The Bertz CT molecular complexity index is 4820. The summed E-state index contributed by atoms with van der Waals surface area (Å²) in [6.07, 6.45) is 14.1. The van der Waals surface area contributed by atoms with Gasteiger partial charge in [0.1, 0.15) is 32.8 Å². The molecule has 0 unspecified atom stereocenters. The maximum atomic E-state index is 13.5. The summed E-state index contributed by atoms with van der Waals surface area (Å²) in [7, 11) is -11.9. The van der Waals surface area contributed by atoms with Crippen LogP contribution in [0.1, 0.15) is 39.1 Å². The number of para-hydroxylation sites is 1. The molecule has 16 nitrogen and oxygen atoms in total. The summed E-state index contributed by atoms with van der Waals surface area (Å²) in [4.78, 5) is 37.7. The number of benzene rings is 7. The highest BCUT2D eigenvalue weighted by Crippen LogP contribution is 2.31. The maximum Gasteiger partial charge on any atom is 0.263 e. The molecule has 478 valence electrons. The van der Waals surface area contributed by atoms with Crippen molar-refractivity contribution in [3.8, 4) is 22.8 Å². The SMILES string of the molecule is C=C(NCc1cccnc1)/C(=C/c1ccc(-c2ccc(Cl)cc2)o1)S(=O)(=O)c1ccccc1.Cc1ccc(/C=C(\C(=O)NCc2cccnc2)S(=O)(=O)c2ccccc2)cc1.O=C(NCc1cccnc1)/C(=C\c1cccc(Oc2ccccc2)c1)S(=O)(=O)c1ccccc1. The number of aromatic nitrogens is 3. The number of carbonyl (C=O) groups excluding carboxylic acids is 2. The van der Waals surface area contributed by atoms with Gasteiger partial charge in [0.05, 0.1) is 19.6 Å². The third-order valence-corrected chi connectivity index (χ3v) is 19.5. The first-order chi connectivity index (χ1) is 45.9. The Morgan fingerprint density at radius 3 is 1.35 bits per heavy atom. The molecule has 0 aliphatic rings. The van der Waals surface area contributed by atoms with Gasteiger partial charge in [-0.2, -0.15) is 0 Å². The van der Waals surface area contributed by atoms with Crippen molar-refractivity contribution >= 4 is 71.2 Å². The third-order valence-electron chi connectivity index (χ3n) is 13.9. The molecule has 2 amide bonds. The molecular weight excluding hydrogens is 1280 g/mol. The molecule has 0 atom stereocenters. The molecule has 11 aromatic rings. The average Bonchev–Trinajstić information content (AvgIpc) is 1.46. The van der Waals surface area contributed by atoms with E-state index < -0.39 is 41.3 Å². The number of amides is 2. The van der Waals surface area contributed by atoms with E-state index in [-0.39, 0.29) is 48.2 Å². The maximum absolute atomic E-state index is 13.5. The Morgan fingerprint density at radius 1 is 0.453 bits per heavy atom. The minimum Gasteiger partial charge on any atom is -0.457 e. The molecule has 7 aromatic carbocycles. The van der Waals surface area contributed by atoms with Crippen LogP contribution in [0.3, 0.4) is 0 Å². The minimum atomic E-state index is -4.08. The lowest BCUT2D eigenvalue weighted by molar-refractivity contribution is -0.117. The lowest BCUT2D eigenvalue weighted by atomic mass is 10.1. The van der Waals surface area contributed by atoms with E-state index in [0.717, 1.165) is 27.8 Å². The monoisotopic (exact) mass is 1340 g/mol. The molecule has 0 bridgehead atoms. The Kier molecular flexibility index (Phi) is 23.7. The number of ether oxygens (including phenoxy) is 1. The molecule has 20 heteroatoms. The predicted molar refractivity (Wildman–Crippen MR) is 370 cm³/mol. The Hall–Kier alpha value is -11.1. The summed E-state index contributed by atoms with van der Waals surface area (Å²) in [6, 6.07) is 69.0. The van der Waals surface area contributed by atoms with Gasteiger partial charge in [-0.1, -0.05) is 151 Å². The number of hydrogen-bond acceptors (Lipinski definition) is 14. The van der Waals surface area contributed by atoms with Gasteiger partial charge in [0.25, 0.3) is 11.8 Å². The van der Waals surface area contributed by atoms with Gasteiger partial charge >= 0.3 is 0 Å². The quantitative estimate of drug-likeness (QED) is 0.0423. The van der Waals surface area contributed by atoms with Crippen molar-refractivity contribution in [3.63, 3.8) is 0 Å². The first-order valence-electron chi connectivity index (χ1n) is 29.4. The van der Waals surface area contributed by atoms with Crippen molar-refractivity contribution in [2.24, 2.45) is 0 Å². The normalized spacial score (nSPS) is 11.7. The number of pyridine rings is 3. The number of nitrogens with one attached hydrogen (secondary N) is 3. The highest BCUT2D eigenvalue weighted by molar-refractivity contribution is 7.97. The molecular formula is C75H63ClN6O10S3. The first kappa shape index (κ1) is 68.3. The fourth-order valence-electron chi connectivity index (χ4n) is 8.97. The fourth-order valence-corrected chi connectivity index (χ4v) is 13.3. The van der Waals surface area contributed by atoms with Crippen LogP contribution >= 0.6 is 11.6 Å². The molecule has 0 saturated heterocycles. The summed E-state index contributed by atoms with van der Waals surface area (Å²) in [5, 5.41) is 9.10. The minimum absolute atomic E-state index is 0.0228. The zero-order valence-electron chi connectivity index (χ0n) is 51.1. The Labute approximate surface area is 557 Å². The van der Waals surface area contributed by atoms with Gasteiger partial charge in [0, 0.05) is 79.2 Å². The van der Waals surface area contributed by atoms with Crippen LogP contribution in [0.15, 0.2) is 326 Å². The van der Waals surface area contributed by atoms with Crippen LogP contribution in [-0.2, 0) is 58.7 Å². The van der Waals surface area contributed by atoms with Crippen LogP contribution in [0.5, 0.6) is 11.5 Å². The van der Waals surface area contributed by atoms with Crippen molar-refractivity contribution in [1.82, 2.24) is 30.9 Å². The van der Waals surface area contributed by atoms with Crippen LogP contribution in [0.4, 0.5) is 0 Å². The topological polar surface area (TPSA) is 234 Å². The molecule has 0 fully saturated rings. The largest absolute Gasteiger partial charge is 0.457 e. The molecule has 4 aromatic heterocycles. The molecule has 11 rings (SSSR count). The summed E-state index contributed by atoms with van der Waals surface area (Å²) < 4.78 is 91.7. The van der Waals surface area contributed by atoms with Crippen LogP contribution < -0.4 is 20.7 Å². The Balaban J connectivity index is 0.000000168. The third kappa shape index (κ3) is 19.5. The number of carbonyl (C=O) groups is 2. The predicted octanol–water partition coefficient (Wildman–Crippen LogP) is 14.6. The van der Waals surface area contributed by atoms with Gasteiger partial charge in [0.15, 0.2) is 0 Å². The molecule has 0 aliphatic heterocycles. The molecule has 0 aliphatic carbocycles. The van der Waals surface area contributed by atoms with Crippen LogP contribution in [0.25, 0.3) is 29.6 Å². The molecule has 3 N–H and O–H groups in total. The van der Waals surface area contributed by atoms with E-state index in [1.807, 2.05) is 79.7 Å². The van der Waals surface area contributed by atoms with Crippen LogP contribution in [0, 0.1) is 6.92 Å². The van der Waals surface area contributed by atoms with Gasteiger partial charge in [-0.15, -0.1) is 0 Å². The van der Waals surface area contributed by atoms with Crippen LogP contribution in [0.2, 0.25) is 5.02 Å². The smallest absolute Gasteiger partial charge is 0.263 e. The molecule has 0 saturated carbocycles. The highest BCUT2D eigenvalue weighted by atomic mass is 35.5. The second kappa shape index (κ2) is 33.0. The summed E-state index contributed by atoms with van der Waals surface area (Å²) in [6.45, 7) is 6.64. The number of aryl methyl sites for hydroxylation is 1. The van der Waals surface area contributed by atoms with Gasteiger partial charge < -0.3 is 25.1 Å². The average molecular weight is 1340 g/mol. The standard InChI is InChI=1S/C27H22N2O4S.C26H21ClN2O3S.C22H20N2O3S/c30-27(29-20-22-10-8-16-28-19-22)26(34(31,32)25-14-5-2-6-15-25)18-21-9-7-13-24(17-21)33-23-11-3-1-4-12-23;1-19(29-18-20-6-5-15-28-17-20)26(33(30,31)24-7-3-2-4-8-24)16-23-13-14-25(32-23)21-9-11-22(27)12-10-21;1-17-9-11-18(12-10-17)14-21(28(26,27)20-7-3-2-4-8-20)22(25)24-16-19-6-5-13-23-15-19/h1-19H,20H2,(H,29,30);2-17,29H,1,18H2;2-15H,16H2,1H3,(H,24,25)/b26-18+;26-16-;21-14+. The van der Waals surface area contributed by atoms with E-state index in [9.17, 15) is 34.8 Å². The van der Waals surface area contributed by atoms with Crippen molar-refractivity contribution in [2.75, 3.05) is 0 Å². The number of halogens is 1. The zero-order chi connectivity index (χ0) is 67.1. The van der Waals surface area contributed by atoms with E-state index in [0.29, 0.717) is 45.7 Å². The Morgan fingerprint density at radius 2 is 0.884 bits per heavy atom. The second-order valence-electron chi connectivity index (χ2n) is 20.9. The van der Waals surface area contributed by atoms with Gasteiger partial charge in [0.2, 0.25) is 29.5 Å². The number of furan rings is 1. The van der Waals surface area contributed by atoms with E-state index >= 15 is 0 Å². The van der Waals surface area contributed by atoms with Crippen molar-refractivity contribution in [3.05, 3.63) is 351 Å². The molecule has 95 heavy (non-hydrogen) atoms. The number of sulfone groups is 3. The number of hydrogen-bond donors (Lipinski definition) is 3. The second-order valence-corrected chi connectivity index (χ2v) is 27.1. The van der Waals surface area contributed by atoms with E-state index in [2.05, 4.69) is 37.5 Å². The van der Waals surface area contributed by atoms with Gasteiger partial charge in [-0.25, -0.2) is 25.3 Å². The molecule has 0 radical (unpaired) electrons. The van der Waals surface area contributed by atoms with Crippen molar-refractivity contribution in [1.29, 1.82) is 0 Å². The summed E-state index contributed by atoms with van der Waals surface area (Å²) in [5.41, 5.74) is 5.72. The number of rotatable bonds is 22. The van der Waals surface area contributed by atoms with Crippen molar-refractivity contribution in [2.45, 2.75) is 41.2 Å².